The first-order chi connectivity index (χ1) is 30.4. The molecule has 6 heterocycles. The fraction of sp³-hybridized carbons (Fsp3) is 0.478. The summed E-state index contributed by atoms with van der Waals surface area (Å²) in [6.07, 6.45) is 2.05. The fourth-order valence-corrected chi connectivity index (χ4v) is 9.42. The number of hydrogen-bond donors (Lipinski definition) is 3. The Bertz CT molecular complexity index is 2480. The molecule has 2 aromatic heterocycles. The number of aryl methyl sites for hydroxylation is 1. The average Bonchev–Trinajstić information content (AvgIpc) is 3.71. The zero-order valence-corrected chi connectivity index (χ0v) is 36.3. The number of piperazine rings is 1. The molecule has 17 heteroatoms. The Hall–Kier alpha value is -6.04. The van der Waals surface area contributed by atoms with E-state index >= 15 is 0 Å². The van der Waals surface area contributed by atoms with Crippen molar-refractivity contribution in [1.29, 1.82) is 0 Å². The molecule has 5 amide bonds. The van der Waals surface area contributed by atoms with Gasteiger partial charge in [-0.1, -0.05) is 0 Å². The number of rotatable bonds is 15. The van der Waals surface area contributed by atoms with E-state index in [9.17, 15) is 28.8 Å². The molecule has 0 spiro atoms. The highest BCUT2D eigenvalue weighted by molar-refractivity contribution is 6.23. The van der Waals surface area contributed by atoms with Crippen molar-refractivity contribution in [2.75, 3.05) is 77.8 Å². The normalized spacial score (nSPS) is 19.1. The molecule has 3 N–H and O–H groups in total. The molecule has 0 aliphatic carbocycles. The van der Waals surface area contributed by atoms with Crippen LogP contribution in [0.5, 0.6) is 11.5 Å². The Morgan fingerprint density at radius 2 is 1.67 bits per heavy atom. The lowest BCUT2D eigenvalue weighted by atomic mass is 9.92. The summed E-state index contributed by atoms with van der Waals surface area (Å²) in [6, 6.07) is 11.9. The van der Waals surface area contributed by atoms with E-state index in [1.54, 1.807) is 19.1 Å². The number of methoxy groups -OCH3 is 1. The minimum atomic E-state index is -1.02. The predicted molar refractivity (Wildman–Crippen MR) is 233 cm³/mol. The molecular weight excluding hydrogens is 811 g/mol. The molecular formula is C46H55N7O10. The topological polar surface area (TPSA) is 194 Å². The molecule has 8 rings (SSSR count). The zero-order chi connectivity index (χ0) is 44.4. The number of hydrogen-bond acceptors (Lipinski definition) is 12. The highest BCUT2D eigenvalue weighted by atomic mass is 16.5. The van der Waals surface area contributed by atoms with Gasteiger partial charge < -0.3 is 38.7 Å². The number of nitrogens with one attached hydrogen (secondary N) is 3. The van der Waals surface area contributed by atoms with Crippen molar-refractivity contribution in [3.8, 4) is 11.5 Å². The number of piperidine rings is 1. The van der Waals surface area contributed by atoms with Crippen LogP contribution in [0, 0.1) is 19.8 Å². The second-order valence-corrected chi connectivity index (χ2v) is 16.7. The van der Waals surface area contributed by atoms with Gasteiger partial charge in [0.1, 0.15) is 24.1 Å². The largest absolute Gasteiger partial charge is 0.496 e. The predicted octanol–water partition coefficient (Wildman–Crippen LogP) is 3.49. The Morgan fingerprint density at radius 3 is 2.41 bits per heavy atom. The van der Waals surface area contributed by atoms with E-state index in [2.05, 4.69) is 55.1 Å². The van der Waals surface area contributed by atoms with Crippen LogP contribution in [0.1, 0.15) is 86.7 Å². The number of H-pyrrole nitrogens is 1. The van der Waals surface area contributed by atoms with Crippen molar-refractivity contribution in [2.24, 2.45) is 5.92 Å². The molecule has 2 atom stereocenters. The van der Waals surface area contributed by atoms with Crippen LogP contribution in [0.15, 0.2) is 47.3 Å². The first-order valence-corrected chi connectivity index (χ1v) is 21.7. The van der Waals surface area contributed by atoms with E-state index < -0.39 is 29.7 Å². The van der Waals surface area contributed by atoms with E-state index in [-0.39, 0.29) is 54.6 Å². The molecule has 3 fully saturated rings. The van der Waals surface area contributed by atoms with E-state index in [1.807, 2.05) is 6.92 Å². The Balaban J connectivity index is 0.852. The number of aromatic nitrogens is 2. The van der Waals surface area contributed by atoms with E-state index in [0.29, 0.717) is 47.5 Å². The zero-order valence-electron chi connectivity index (χ0n) is 36.3. The fourth-order valence-electron chi connectivity index (χ4n) is 9.42. The molecule has 0 radical (unpaired) electrons. The summed E-state index contributed by atoms with van der Waals surface area (Å²) in [5.74, 6) is -1.21. The highest BCUT2D eigenvalue weighted by Gasteiger charge is 2.44. The summed E-state index contributed by atoms with van der Waals surface area (Å²) in [5.41, 5.74) is 4.71. The third-order valence-corrected chi connectivity index (χ3v) is 12.9. The lowest BCUT2D eigenvalue weighted by molar-refractivity contribution is -0.136. The van der Waals surface area contributed by atoms with E-state index in [0.717, 1.165) is 86.0 Å². The Morgan fingerprint density at radius 1 is 0.905 bits per heavy atom. The highest BCUT2D eigenvalue weighted by Crippen LogP contribution is 2.37. The van der Waals surface area contributed by atoms with Crippen LogP contribution in [-0.2, 0) is 25.6 Å². The molecule has 4 aromatic rings. The Labute approximate surface area is 364 Å². The maximum absolute atomic E-state index is 14.0. The summed E-state index contributed by atoms with van der Waals surface area (Å²) < 4.78 is 25.2. The van der Waals surface area contributed by atoms with Crippen LogP contribution >= 0.6 is 0 Å². The van der Waals surface area contributed by atoms with Crippen LogP contribution < -0.4 is 30.6 Å². The molecule has 63 heavy (non-hydrogen) atoms. The monoisotopic (exact) mass is 865 g/mol. The molecule has 1 unspecified atom stereocenters. The van der Waals surface area contributed by atoms with Crippen molar-refractivity contribution in [2.45, 2.75) is 65.1 Å². The number of anilines is 1. The minimum absolute atomic E-state index is 0.0267. The number of aromatic amines is 1. The number of carbonyl (C=O) groups excluding carboxylic acids is 5. The first-order valence-electron chi connectivity index (χ1n) is 21.7. The van der Waals surface area contributed by atoms with Gasteiger partial charge in [0.2, 0.25) is 11.8 Å². The van der Waals surface area contributed by atoms with Gasteiger partial charge in [0.15, 0.2) is 0 Å². The van der Waals surface area contributed by atoms with Gasteiger partial charge in [0, 0.05) is 80.9 Å². The minimum Gasteiger partial charge on any atom is -0.496 e. The standard InChI is InChI=1S/C46H55N7O10/c1-27-23-39(60-4)36(42(55)48-27)26-47-44(57)41-29(3)52(28(2)30-11-18-61-19-12-30)38-24-31(5-7-34(38)41)51-15-13-50(14-16-51)17-20-62-21-22-63-32-6-8-33-35(25-32)46(59)53(45(33)58)37-9-10-40(54)49-43(37)56/h5-8,23-25,28,30,37H,9-22,26H2,1-4H3,(H,47,57)(H,48,55)(H,49,54,56)/t28-,37?/m0/s1. The van der Waals surface area contributed by atoms with Gasteiger partial charge in [0.05, 0.1) is 54.6 Å². The number of fused-ring (bicyclic) bond motifs is 2. The van der Waals surface area contributed by atoms with Crippen molar-refractivity contribution >= 4 is 46.1 Å². The number of ether oxygens (including phenoxy) is 4. The lowest BCUT2D eigenvalue weighted by Crippen LogP contribution is -2.54. The number of imide groups is 2. The van der Waals surface area contributed by atoms with Gasteiger partial charge in [-0.3, -0.25) is 43.9 Å². The van der Waals surface area contributed by atoms with E-state index in [1.165, 1.54) is 19.2 Å². The SMILES string of the molecule is COc1cc(C)[nH]c(=O)c1CNC(=O)c1c(C)n([C@@H](C)C2CCOCC2)c2cc(N3CCN(CCOCCOc4ccc5c(c4)C(=O)N(C4CCC(=O)NC4=O)C5=O)CC3)ccc12. The maximum Gasteiger partial charge on any atom is 0.262 e. The van der Waals surface area contributed by atoms with Gasteiger partial charge in [-0.15, -0.1) is 0 Å². The molecule has 0 saturated carbocycles. The number of nitrogens with zero attached hydrogens (tertiary/aromatic N) is 4. The van der Waals surface area contributed by atoms with Crippen molar-refractivity contribution < 1.29 is 42.9 Å². The molecule has 4 aliphatic heterocycles. The van der Waals surface area contributed by atoms with Crippen LogP contribution in [-0.4, -0.2) is 128 Å². The van der Waals surface area contributed by atoms with Crippen molar-refractivity contribution in [3.63, 3.8) is 0 Å². The Kier molecular flexibility index (Phi) is 13.0. The van der Waals surface area contributed by atoms with Gasteiger partial charge in [-0.25, -0.2) is 0 Å². The smallest absolute Gasteiger partial charge is 0.262 e. The average molecular weight is 866 g/mol. The second-order valence-electron chi connectivity index (χ2n) is 16.7. The van der Waals surface area contributed by atoms with Gasteiger partial charge >= 0.3 is 0 Å². The summed E-state index contributed by atoms with van der Waals surface area (Å²) in [5, 5.41) is 6.08. The van der Waals surface area contributed by atoms with Crippen molar-refractivity contribution in [1.82, 2.24) is 30.0 Å². The van der Waals surface area contributed by atoms with Gasteiger partial charge in [-0.2, -0.15) is 0 Å². The summed E-state index contributed by atoms with van der Waals surface area (Å²) in [7, 11) is 1.51. The summed E-state index contributed by atoms with van der Waals surface area (Å²) in [4.78, 5) is 85.4. The number of pyridine rings is 1. The number of benzene rings is 2. The van der Waals surface area contributed by atoms with E-state index in [4.69, 9.17) is 18.9 Å². The lowest BCUT2D eigenvalue weighted by Gasteiger charge is -2.36. The van der Waals surface area contributed by atoms with Crippen LogP contribution in [0.25, 0.3) is 10.9 Å². The molecule has 0 bridgehead atoms. The quantitative estimate of drug-likeness (QED) is 0.117. The van der Waals surface area contributed by atoms with Gasteiger partial charge in [-0.05, 0) is 88.4 Å². The maximum atomic E-state index is 14.0. The van der Waals surface area contributed by atoms with Gasteiger partial charge in [0.25, 0.3) is 23.3 Å². The first kappa shape index (κ1) is 43.6. The molecule has 17 nitrogen and oxygen atoms in total. The number of carbonyl (C=O) groups is 5. The molecule has 3 saturated heterocycles. The van der Waals surface area contributed by atoms with Crippen molar-refractivity contribution in [3.05, 3.63) is 86.5 Å². The molecule has 334 valence electrons. The molecule has 4 aliphatic rings. The third-order valence-electron chi connectivity index (χ3n) is 12.9. The van der Waals surface area contributed by atoms with Crippen LogP contribution in [0.4, 0.5) is 5.69 Å². The third kappa shape index (κ3) is 8.95. The summed E-state index contributed by atoms with van der Waals surface area (Å²) >= 11 is 0. The van der Waals surface area contributed by atoms with Crippen LogP contribution in [0.3, 0.4) is 0 Å². The molecule has 2 aromatic carbocycles. The second kappa shape index (κ2) is 18.7. The number of amides is 5. The summed E-state index contributed by atoms with van der Waals surface area (Å²) in [6.45, 7) is 12.7. The van der Waals surface area contributed by atoms with Crippen LogP contribution in [0.2, 0.25) is 0 Å².